The van der Waals surface area contributed by atoms with Crippen molar-refractivity contribution < 1.29 is 19.4 Å². The summed E-state index contributed by atoms with van der Waals surface area (Å²) in [5, 5.41) is 11.3. The number of amides is 1. The van der Waals surface area contributed by atoms with Crippen molar-refractivity contribution >= 4 is 33.7 Å². The first-order valence-corrected chi connectivity index (χ1v) is 7.47. The van der Waals surface area contributed by atoms with Crippen molar-refractivity contribution in [3.05, 3.63) is 28.2 Å². The number of anilines is 1. The Morgan fingerprint density at radius 3 is 2.57 bits per heavy atom. The molecule has 0 aliphatic carbocycles. The topological polar surface area (TPSA) is 75.6 Å². The maximum Gasteiger partial charge on any atom is 0.412 e. The number of rotatable bonds is 5. The fourth-order valence-electron chi connectivity index (χ4n) is 1.68. The second-order valence-electron chi connectivity index (χ2n) is 5.69. The third-order valence-electron chi connectivity index (χ3n) is 2.52. The second kappa shape index (κ2) is 7.45. The van der Waals surface area contributed by atoms with E-state index in [0.29, 0.717) is 18.5 Å². The van der Waals surface area contributed by atoms with Gasteiger partial charge in [0, 0.05) is 10.9 Å². The van der Waals surface area contributed by atoms with Crippen LogP contribution in [0.1, 0.15) is 39.2 Å². The minimum absolute atomic E-state index is 0.130. The molecule has 0 saturated carbocycles. The summed E-state index contributed by atoms with van der Waals surface area (Å²) in [7, 11) is 0. The summed E-state index contributed by atoms with van der Waals surface area (Å²) < 4.78 is 5.95. The summed E-state index contributed by atoms with van der Waals surface area (Å²) in [5.74, 6) is -0.806. The molecule has 0 spiro atoms. The number of nitrogens with one attached hydrogen (secondary N) is 1. The molecular formula is C15H20BrNO4. The average Bonchev–Trinajstić information content (AvgIpc) is 2.30. The predicted molar refractivity (Wildman–Crippen MR) is 84.6 cm³/mol. The molecule has 0 bridgehead atoms. The summed E-state index contributed by atoms with van der Waals surface area (Å²) in [6.07, 6.45) is 0.807. The van der Waals surface area contributed by atoms with Crippen molar-refractivity contribution in [2.75, 3.05) is 5.32 Å². The number of aryl methyl sites for hydroxylation is 1. The van der Waals surface area contributed by atoms with E-state index in [9.17, 15) is 9.59 Å². The molecule has 1 rings (SSSR count). The van der Waals surface area contributed by atoms with Crippen LogP contribution in [-0.2, 0) is 16.0 Å². The molecule has 0 radical (unpaired) electrons. The van der Waals surface area contributed by atoms with Crippen LogP contribution in [-0.4, -0.2) is 22.8 Å². The highest BCUT2D eigenvalue weighted by Crippen LogP contribution is 2.25. The quantitative estimate of drug-likeness (QED) is 0.827. The summed E-state index contributed by atoms with van der Waals surface area (Å²) >= 11 is 3.37. The zero-order chi connectivity index (χ0) is 16.0. The van der Waals surface area contributed by atoms with Crippen LogP contribution in [0.15, 0.2) is 22.7 Å². The molecule has 0 atom stereocenters. The van der Waals surface area contributed by atoms with Crippen LogP contribution in [0.5, 0.6) is 0 Å². The first-order chi connectivity index (χ1) is 9.67. The number of aliphatic carboxylic acids is 1. The summed E-state index contributed by atoms with van der Waals surface area (Å²) in [5.41, 5.74) is 1.01. The highest BCUT2D eigenvalue weighted by Gasteiger charge is 2.17. The lowest BCUT2D eigenvalue weighted by Gasteiger charge is -2.20. The van der Waals surface area contributed by atoms with Crippen LogP contribution in [0.4, 0.5) is 10.5 Å². The number of carbonyl (C=O) groups is 2. The molecule has 116 valence electrons. The zero-order valence-electron chi connectivity index (χ0n) is 12.4. The lowest BCUT2D eigenvalue weighted by molar-refractivity contribution is -0.137. The van der Waals surface area contributed by atoms with Crippen molar-refractivity contribution in [1.29, 1.82) is 0 Å². The third kappa shape index (κ3) is 7.13. The van der Waals surface area contributed by atoms with Crippen molar-refractivity contribution in [3.63, 3.8) is 0 Å². The molecular weight excluding hydrogens is 338 g/mol. The first-order valence-electron chi connectivity index (χ1n) is 6.67. The van der Waals surface area contributed by atoms with Crippen LogP contribution in [0, 0.1) is 0 Å². The number of ether oxygens (including phenoxy) is 1. The number of carbonyl (C=O) groups excluding carboxylic acids is 1. The second-order valence-corrected chi connectivity index (χ2v) is 6.54. The molecule has 0 aliphatic rings. The molecule has 21 heavy (non-hydrogen) atoms. The van der Waals surface area contributed by atoms with Crippen LogP contribution in [0.25, 0.3) is 0 Å². The Balaban J connectivity index is 2.69. The molecule has 0 heterocycles. The van der Waals surface area contributed by atoms with E-state index in [1.165, 1.54) is 0 Å². The number of hydrogen-bond acceptors (Lipinski definition) is 3. The van der Waals surface area contributed by atoms with Crippen molar-refractivity contribution in [1.82, 2.24) is 0 Å². The van der Waals surface area contributed by atoms with E-state index in [1.54, 1.807) is 20.8 Å². The van der Waals surface area contributed by atoms with Gasteiger partial charge in [0.15, 0.2) is 0 Å². The van der Waals surface area contributed by atoms with E-state index in [2.05, 4.69) is 21.2 Å². The molecule has 2 N–H and O–H groups in total. The summed E-state index contributed by atoms with van der Waals surface area (Å²) in [6.45, 7) is 5.39. The number of carboxylic acids is 1. The van der Waals surface area contributed by atoms with Gasteiger partial charge >= 0.3 is 12.1 Å². The van der Waals surface area contributed by atoms with Gasteiger partial charge in [-0.2, -0.15) is 0 Å². The van der Waals surface area contributed by atoms with Gasteiger partial charge < -0.3 is 9.84 Å². The van der Waals surface area contributed by atoms with Gasteiger partial charge in [0.25, 0.3) is 0 Å². The van der Waals surface area contributed by atoms with Crippen molar-refractivity contribution in [2.24, 2.45) is 0 Å². The minimum atomic E-state index is -0.806. The molecule has 0 fully saturated rings. The molecule has 0 aromatic heterocycles. The van der Waals surface area contributed by atoms with E-state index in [4.69, 9.17) is 9.84 Å². The van der Waals surface area contributed by atoms with E-state index in [1.807, 2.05) is 18.2 Å². The maximum atomic E-state index is 11.8. The fraction of sp³-hybridized carbons (Fsp3) is 0.467. The van der Waals surface area contributed by atoms with Crippen LogP contribution < -0.4 is 5.32 Å². The molecule has 1 amide bonds. The monoisotopic (exact) mass is 357 g/mol. The Bertz CT molecular complexity index is 523. The normalized spacial score (nSPS) is 11.0. The van der Waals surface area contributed by atoms with Gasteiger partial charge in [-0.25, -0.2) is 4.79 Å². The van der Waals surface area contributed by atoms with E-state index in [0.717, 1.165) is 10.0 Å². The number of hydrogen-bond donors (Lipinski definition) is 2. The predicted octanol–water partition coefficient (Wildman–Crippen LogP) is 4.20. The average molecular weight is 358 g/mol. The molecule has 1 aromatic carbocycles. The van der Waals surface area contributed by atoms with E-state index >= 15 is 0 Å². The minimum Gasteiger partial charge on any atom is -0.481 e. The van der Waals surface area contributed by atoms with E-state index < -0.39 is 17.7 Å². The highest BCUT2D eigenvalue weighted by molar-refractivity contribution is 9.10. The van der Waals surface area contributed by atoms with Gasteiger partial charge in [-0.05, 0) is 67.2 Å². The van der Waals surface area contributed by atoms with Gasteiger partial charge in [-0.1, -0.05) is 6.07 Å². The van der Waals surface area contributed by atoms with Gasteiger partial charge in [0.2, 0.25) is 0 Å². The molecule has 1 aromatic rings. The van der Waals surface area contributed by atoms with Crippen molar-refractivity contribution in [2.45, 2.75) is 45.6 Å². The Hall–Kier alpha value is -1.56. The number of benzene rings is 1. The zero-order valence-corrected chi connectivity index (χ0v) is 14.0. The Labute approximate surface area is 132 Å². The van der Waals surface area contributed by atoms with Crippen molar-refractivity contribution in [3.8, 4) is 0 Å². The SMILES string of the molecule is CC(C)(C)OC(=O)Nc1cc(CCCC(=O)O)ccc1Br. The third-order valence-corrected chi connectivity index (χ3v) is 3.21. The lowest BCUT2D eigenvalue weighted by atomic mass is 10.1. The van der Waals surface area contributed by atoms with Crippen LogP contribution in [0.3, 0.4) is 0 Å². The van der Waals surface area contributed by atoms with Gasteiger partial charge in [-0.3, -0.25) is 10.1 Å². The summed E-state index contributed by atoms with van der Waals surface area (Å²) in [4.78, 5) is 22.3. The van der Waals surface area contributed by atoms with Crippen LogP contribution >= 0.6 is 15.9 Å². The summed E-state index contributed by atoms with van der Waals surface area (Å²) in [6, 6.07) is 5.53. The standard InChI is InChI=1S/C15H20BrNO4/c1-15(2,3)21-14(20)17-12-9-10(7-8-11(12)16)5-4-6-13(18)19/h7-9H,4-6H2,1-3H3,(H,17,20)(H,18,19). The highest BCUT2D eigenvalue weighted by atomic mass is 79.9. The van der Waals surface area contributed by atoms with Gasteiger partial charge in [0.1, 0.15) is 5.60 Å². The molecule has 5 nitrogen and oxygen atoms in total. The molecule has 0 aliphatic heterocycles. The fourth-order valence-corrected chi connectivity index (χ4v) is 2.03. The van der Waals surface area contributed by atoms with Crippen LogP contribution in [0.2, 0.25) is 0 Å². The Morgan fingerprint density at radius 2 is 2.00 bits per heavy atom. The molecule has 0 unspecified atom stereocenters. The molecule has 6 heteroatoms. The van der Waals surface area contributed by atoms with E-state index in [-0.39, 0.29) is 6.42 Å². The Kier molecular flexibility index (Phi) is 6.20. The molecule has 0 saturated heterocycles. The largest absolute Gasteiger partial charge is 0.481 e. The Morgan fingerprint density at radius 1 is 1.33 bits per heavy atom. The maximum absolute atomic E-state index is 11.8. The lowest BCUT2D eigenvalue weighted by Crippen LogP contribution is -2.27. The number of halogens is 1. The first kappa shape index (κ1) is 17.5. The number of carboxylic acid groups (broad SMARTS) is 1. The van der Waals surface area contributed by atoms with Gasteiger partial charge in [0.05, 0.1) is 5.69 Å². The smallest absolute Gasteiger partial charge is 0.412 e. The van der Waals surface area contributed by atoms with Gasteiger partial charge in [-0.15, -0.1) is 0 Å².